The van der Waals surface area contributed by atoms with E-state index in [0.29, 0.717) is 12.1 Å². The summed E-state index contributed by atoms with van der Waals surface area (Å²) >= 11 is 0. The van der Waals surface area contributed by atoms with E-state index in [0.717, 1.165) is 25.6 Å². The van der Waals surface area contributed by atoms with Gasteiger partial charge < -0.3 is 15.0 Å². The smallest absolute Gasteiger partial charge is 0.0596 e. The average Bonchev–Trinajstić information content (AvgIpc) is 2.30. The molecule has 0 radical (unpaired) electrons. The normalized spacial score (nSPS) is 21.0. The van der Waals surface area contributed by atoms with Crippen LogP contribution in [0.25, 0.3) is 0 Å². The first kappa shape index (κ1) is 14.9. The number of ether oxygens (including phenoxy) is 1. The van der Waals surface area contributed by atoms with Gasteiger partial charge in [-0.3, -0.25) is 0 Å². The second kappa shape index (κ2) is 8.06. The van der Waals surface area contributed by atoms with Gasteiger partial charge in [0.2, 0.25) is 0 Å². The molecule has 0 aromatic heterocycles. The number of hydrogen-bond acceptors (Lipinski definition) is 3. The highest BCUT2D eigenvalue weighted by Gasteiger charge is 2.22. The third-order valence-electron chi connectivity index (χ3n) is 3.72. The molecule has 1 N–H and O–H groups in total. The fourth-order valence-electron chi connectivity index (χ4n) is 2.58. The van der Waals surface area contributed by atoms with Crippen molar-refractivity contribution >= 4 is 0 Å². The van der Waals surface area contributed by atoms with E-state index in [4.69, 9.17) is 4.74 Å². The molecular formula is C14H30N2O. The Hall–Kier alpha value is -0.120. The molecule has 0 aromatic rings. The lowest BCUT2D eigenvalue weighted by atomic mass is 9.90. The zero-order chi connectivity index (χ0) is 12.7. The van der Waals surface area contributed by atoms with Crippen LogP contribution in [0.15, 0.2) is 0 Å². The van der Waals surface area contributed by atoms with Crippen molar-refractivity contribution in [1.29, 1.82) is 0 Å². The minimum atomic E-state index is 0.362. The Kier molecular flexibility index (Phi) is 7.09. The maximum Gasteiger partial charge on any atom is 0.0596 e. The van der Waals surface area contributed by atoms with Crippen LogP contribution in [0.1, 0.15) is 40.5 Å². The van der Waals surface area contributed by atoms with Crippen LogP contribution in [0.4, 0.5) is 0 Å². The fourth-order valence-corrected chi connectivity index (χ4v) is 2.58. The molecule has 3 nitrogen and oxygen atoms in total. The van der Waals surface area contributed by atoms with Gasteiger partial charge in [-0.1, -0.05) is 6.92 Å². The van der Waals surface area contributed by atoms with Gasteiger partial charge in [0.25, 0.3) is 0 Å². The van der Waals surface area contributed by atoms with E-state index in [-0.39, 0.29) is 0 Å². The maximum atomic E-state index is 5.60. The van der Waals surface area contributed by atoms with Gasteiger partial charge in [-0.15, -0.1) is 0 Å². The Morgan fingerprint density at radius 2 is 1.88 bits per heavy atom. The first-order valence-corrected chi connectivity index (χ1v) is 7.20. The highest BCUT2D eigenvalue weighted by molar-refractivity contribution is 4.79. The van der Waals surface area contributed by atoms with Crippen molar-refractivity contribution in [3.8, 4) is 0 Å². The number of hydrogen-bond donors (Lipinski definition) is 1. The molecule has 1 aliphatic rings. The molecule has 1 aliphatic heterocycles. The van der Waals surface area contributed by atoms with E-state index < -0.39 is 0 Å². The zero-order valence-electron chi connectivity index (χ0n) is 12.0. The van der Waals surface area contributed by atoms with Crippen LogP contribution in [0.3, 0.4) is 0 Å². The number of rotatable bonds is 7. The van der Waals surface area contributed by atoms with Gasteiger partial charge in [0.05, 0.1) is 12.7 Å². The summed E-state index contributed by atoms with van der Waals surface area (Å²) in [6, 6.07) is 0.675. The van der Waals surface area contributed by atoms with Crippen LogP contribution in [0.5, 0.6) is 0 Å². The quantitative estimate of drug-likeness (QED) is 0.740. The number of nitrogens with one attached hydrogen (secondary N) is 1. The van der Waals surface area contributed by atoms with Gasteiger partial charge in [0.15, 0.2) is 0 Å². The molecule has 0 saturated carbocycles. The molecule has 0 aromatic carbocycles. The summed E-state index contributed by atoms with van der Waals surface area (Å²) in [4.78, 5) is 2.54. The number of likely N-dealkylation sites (tertiary alicyclic amines) is 1. The van der Waals surface area contributed by atoms with E-state index in [1.165, 1.54) is 25.9 Å². The molecule has 0 bridgehead atoms. The molecule has 1 fully saturated rings. The summed E-state index contributed by atoms with van der Waals surface area (Å²) < 4.78 is 5.60. The molecule has 1 heterocycles. The lowest BCUT2D eigenvalue weighted by molar-refractivity contribution is 0.0490. The zero-order valence-corrected chi connectivity index (χ0v) is 12.0. The summed E-state index contributed by atoms with van der Waals surface area (Å²) in [6.45, 7) is 14.3. The lowest BCUT2D eigenvalue weighted by Crippen LogP contribution is -2.42. The molecule has 17 heavy (non-hydrogen) atoms. The second-order valence-electron chi connectivity index (χ2n) is 5.44. The Bertz CT molecular complexity index is 189. The molecular weight excluding hydrogens is 212 g/mol. The topological polar surface area (TPSA) is 24.5 Å². The van der Waals surface area contributed by atoms with Crippen molar-refractivity contribution in [2.24, 2.45) is 5.92 Å². The van der Waals surface area contributed by atoms with E-state index in [9.17, 15) is 0 Å². The largest absolute Gasteiger partial charge is 0.377 e. The number of piperidine rings is 1. The summed E-state index contributed by atoms with van der Waals surface area (Å²) in [5.74, 6) is 0.859. The Morgan fingerprint density at radius 3 is 2.41 bits per heavy atom. The molecule has 1 atom stereocenters. The van der Waals surface area contributed by atoms with Gasteiger partial charge in [0.1, 0.15) is 0 Å². The predicted molar refractivity (Wildman–Crippen MR) is 73.4 cm³/mol. The summed E-state index contributed by atoms with van der Waals surface area (Å²) in [5.41, 5.74) is 0. The SMILES string of the molecule is CCNC(C)C1CCN(CCOC(C)C)CC1. The summed E-state index contributed by atoms with van der Waals surface area (Å²) in [5, 5.41) is 3.54. The molecule has 1 unspecified atom stereocenters. The van der Waals surface area contributed by atoms with Crippen LogP contribution in [-0.2, 0) is 4.74 Å². The van der Waals surface area contributed by atoms with Gasteiger partial charge in [-0.05, 0) is 59.2 Å². The van der Waals surface area contributed by atoms with E-state index >= 15 is 0 Å². The van der Waals surface area contributed by atoms with Crippen molar-refractivity contribution < 1.29 is 4.74 Å². The monoisotopic (exact) mass is 242 g/mol. The highest BCUT2D eigenvalue weighted by Crippen LogP contribution is 2.20. The van der Waals surface area contributed by atoms with Crippen LogP contribution in [-0.4, -0.2) is 49.8 Å². The predicted octanol–water partition coefficient (Wildman–Crippen LogP) is 2.12. The van der Waals surface area contributed by atoms with E-state index in [1.807, 2.05) is 0 Å². The van der Waals surface area contributed by atoms with Crippen LogP contribution < -0.4 is 5.32 Å². The van der Waals surface area contributed by atoms with Gasteiger partial charge in [-0.2, -0.15) is 0 Å². The van der Waals surface area contributed by atoms with Crippen molar-refractivity contribution in [2.45, 2.75) is 52.7 Å². The van der Waals surface area contributed by atoms with E-state index in [2.05, 4.69) is 37.9 Å². The molecule has 0 spiro atoms. The Morgan fingerprint density at radius 1 is 1.24 bits per heavy atom. The molecule has 102 valence electrons. The van der Waals surface area contributed by atoms with Gasteiger partial charge >= 0.3 is 0 Å². The van der Waals surface area contributed by atoms with Gasteiger partial charge in [-0.25, -0.2) is 0 Å². The van der Waals surface area contributed by atoms with Crippen molar-refractivity contribution in [3.63, 3.8) is 0 Å². The maximum absolute atomic E-state index is 5.60. The van der Waals surface area contributed by atoms with E-state index in [1.54, 1.807) is 0 Å². The van der Waals surface area contributed by atoms with Crippen molar-refractivity contribution in [1.82, 2.24) is 10.2 Å². The van der Waals surface area contributed by atoms with Crippen molar-refractivity contribution in [2.75, 3.05) is 32.8 Å². The summed E-state index contributed by atoms with van der Waals surface area (Å²) in [7, 11) is 0. The summed E-state index contributed by atoms with van der Waals surface area (Å²) in [6.07, 6.45) is 3.02. The van der Waals surface area contributed by atoms with Crippen LogP contribution >= 0.6 is 0 Å². The third kappa shape index (κ3) is 5.84. The number of nitrogens with zero attached hydrogens (tertiary/aromatic N) is 1. The first-order chi connectivity index (χ1) is 8.13. The fraction of sp³-hybridized carbons (Fsp3) is 1.00. The van der Waals surface area contributed by atoms with Crippen LogP contribution in [0.2, 0.25) is 0 Å². The minimum absolute atomic E-state index is 0.362. The molecule has 0 aliphatic carbocycles. The third-order valence-corrected chi connectivity index (χ3v) is 3.72. The van der Waals surface area contributed by atoms with Gasteiger partial charge in [0, 0.05) is 12.6 Å². The Labute approximate surface area is 107 Å². The first-order valence-electron chi connectivity index (χ1n) is 7.20. The second-order valence-corrected chi connectivity index (χ2v) is 5.44. The highest BCUT2D eigenvalue weighted by atomic mass is 16.5. The molecule has 1 saturated heterocycles. The molecule has 1 rings (SSSR count). The van der Waals surface area contributed by atoms with Crippen molar-refractivity contribution in [3.05, 3.63) is 0 Å². The Balaban J connectivity index is 2.13. The van der Waals surface area contributed by atoms with Crippen LogP contribution in [0, 0.1) is 5.92 Å². The lowest BCUT2D eigenvalue weighted by Gasteiger charge is -2.35. The molecule has 3 heteroatoms. The average molecular weight is 242 g/mol. The minimum Gasteiger partial charge on any atom is -0.377 e. The molecule has 0 amide bonds. The standard InChI is InChI=1S/C14H30N2O/c1-5-15-13(4)14-6-8-16(9-7-14)10-11-17-12(2)3/h12-15H,5-11H2,1-4H3.